The molecule has 3 nitrogen and oxygen atoms in total. The van der Waals surface area contributed by atoms with Gasteiger partial charge in [-0.05, 0) is 42.7 Å². The van der Waals surface area contributed by atoms with Gasteiger partial charge < -0.3 is 4.90 Å². The quantitative estimate of drug-likeness (QED) is 0.763. The number of hydrogen-bond acceptors (Lipinski definition) is 3. The molecule has 0 unspecified atom stereocenters. The summed E-state index contributed by atoms with van der Waals surface area (Å²) in [7, 11) is 0. The first kappa shape index (κ1) is 10.8. The van der Waals surface area contributed by atoms with Crippen molar-refractivity contribution in [1.82, 2.24) is 4.90 Å². The van der Waals surface area contributed by atoms with Gasteiger partial charge in [0.2, 0.25) is 5.91 Å². The lowest BCUT2D eigenvalue weighted by molar-refractivity contribution is -0.143. The van der Waals surface area contributed by atoms with Crippen LogP contribution >= 0.6 is 11.3 Å². The lowest BCUT2D eigenvalue weighted by Gasteiger charge is -2.39. The smallest absolute Gasteiger partial charge is 0.243 e. The van der Waals surface area contributed by atoms with Gasteiger partial charge in [0, 0.05) is 18.0 Å². The van der Waals surface area contributed by atoms with E-state index >= 15 is 0 Å². The van der Waals surface area contributed by atoms with E-state index in [1.54, 1.807) is 11.3 Å². The molecule has 1 aliphatic carbocycles. The van der Waals surface area contributed by atoms with Crippen LogP contribution in [0.3, 0.4) is 0 Å². The Morgan fingerprint density at radius 1 is 1.53 bits per heavy atom. The Morgan fingerprint density at radius 2 is 2.35 bits per heavy atom. The Bertz CT molecular complexity index is 496. The minimum atomic E-state index is -0.687. The second-order valence-electron chi connectivity index (χ2n) is 4.89. The molecule has 3 rings (SSSR count). The van der Waals surface area contributed by atoms with Gasteiger partial charge in [-0.3, -0.25) is 4.79 Å². The van der Waals surface area contributed by atoms with E-state index in [9.17, 15) is 10.1 Å². The minimum absolute atomic E-state index is 0.0584. The Hall–Kier alpha value is -1.34. The van der Waals surface area contributed by atoms with Crippen LogP contribution in [-0.4, -0.2) is 17.4 Å². The van der Waals surface area contributed by atoms with E-state index in [0.717, 1.165) is 32.2 Å². The number of fused-ring (bicyclic) bond motifs is 1. The van der Waals surface area contributed by atoms with E-state index in [1.807, 2.05) is 4.90 Å². The number of amides is 1. The lowest BCUT2D eigenvalue weighted by Crippen LogP contribution is -2.48. The van der Waals surface area contributed by atoms with Gasteiger partial charge in [-0.2, -0.15) is 5.26 Å². The molecule has 0 atom stereocenters. The third-order valence-corrected chi connectivity index (χ3v) is 4.95. The zero-order valence-electron chi connectivity index (χ0n) is 9.61. The first-order valence-corrected chi connectivity index (χ1v) is 6.89. The molecule has 4 heteroatoms. The SMILES string of the molecule is N#CC1(C(=O)N2CCc3sccc3C2)CCC1. The van der Waals surface area contributed by atoms with Crippen LogP contribution in [0.15, 0.2) is 11.4 Å². The van der Waals surface area contributed by atoms with Crippen molar-refractivity contribution < 1.29 is 4.79 Å². The Morgan fingerprint density at radius 3 is 3.00 bits per heavy atom. The third kappa shape index (κ3) is 1.57. The summed E-state index contributed by atoms with van der Waals surface area (Å²) in [4.78, 5) is 15.6. The lowest BCUT2D eigenvalue weighted by atomic mass is 9.69. The third-order valence-electron chi connectivity index (χ3n) is 3.93. The zero-order chi connectivity index (χ0) is 11.9. The van der Waals surface area contributed by atoms with Gasteiger partial charge >= 0.3 is 0 Å². The average molecular weight is 246 g/mol. The summed E-state index contributed by atoms with van der Waals surface area (Å²) in [6, 6.07) is 4.34. The van der Waals surface area contributed by atoms with Crippen LogP contribution in [0.2, 0.25) is 0 Å². The molecule has 1 aromatic heterocycles. The molecule has 0 N–H and O–H groups in total. The summed E-state index contributed by atoms with van der Waals surface area (Å²) in [5.74, 6) is 0.0584. The molecular formula is C13H14N2OS. The van der Waals surface area contributed by atoms with Crippen molar-refractivity contribution in [2.75, 3.05) is 6.54 Å². The van der Waals surface area contributed by atoms with Gasteiger partial charge in [0.05, 0.1) is 6.07 Å². The standard InChI is InChI=1S/C13H14N2OS/c14-9-13(4-1-5-13)12(16)15-6-2-11-10(8-15)3-7-17-11/h3,7H,1-2,4-6,8H2. The number of nitriles is 1. The molecule has 1 fully saturated rings. The first-order valence-electron chi connectivity index (χ1n) is 6.01. The molecule has 0 radical (unpaired) electrons. The molecule has 0 bridgehead atoms. The molecular weight excluding hydrogens is 232 g/mol. The number of carbonyl (C=O) groups is 1. The maximum absolute atomic E-state index is 12.4. The van der Waals surface area contributed by atoms with Crippen LogP contribution in [0, 0.1) is 16.7 Å². The van der Waals surface area contributed by atoms with Crippen molar-refractivity contribution in [1.29, 1.82) is 5.26 Å². The highest BCUT2D eigenvalue weighted by Gasteiger charge is 2.47. The van der Waals surface area contributed by atoms with Gasteiger partial charge in [-0.15, -0.1) is 11.3 Å². The van der Waals surface area contributed by atoms with Crippen LogP contribution in [0.5, 0.6) is 0 Å². The van der Waals surface area contributed by atoms with Gasteiger partial charge in [0.15, 0.2) is 0 Å². The fraction of sp³-hybridized carbons (Fsp3) is 0.538. The fourth-order valence-electron chi connectivity index (χ4n) is 2.63. The van der Waals surface area contributed by atoms with Crippen molar-refractivity contribution in [3.63, 3.8) is 0 Å². The molecule has 1 amide bonds. The summed E-state index contributed by atoms with van der Waals surface area (Å²) < 4.78 is 0. The van der Waals surface area contributed by atoms with E-state index in [-0.39, 0.29) is 5.91 Å². The number of carbonyl (C=O) groups excluding carboxylic acids is 1. The van der Waals surface area contributed by atoms with E-state index in [1.165, 1.54) is 10.4 Å². The topological polar surface area (TPSA) is 44.1 Å². The van der Waals surface area contributed by atoms with Crippen molar-refractivity contribution >= 4 is 17.2 Å². The summed E-state index contributed by atoms with van der Waals surface area (Å²) >= 11 is 1.77. The summed E-state index contributed by atoms with van der Waals surface area (Å²) in [5.41, 5.74) is 0.579. The molecule has 0 aromatic carbocycles. The number of thiophene rings is 1. The summed E-state index contributed by atoms with van der Waals surface area (Å²) in [6.45, 7) is 1.47. The van der Waals surface area contributed by atoms with Crippen molar-refractivity contribution in [2.45, 2.75) is 32.2 Å². The van der Waals surface area contributed by atoms with E-state index in [0.29, 0.717) is 6.54 Å². The van der Waals surface area contributed by atoms with E-state index in [2.05, 4.69) is 17.5 Å². The first-order chi connectivity index (χ1) is 8.25. The molecule has 2 heterocycles. The van der Waals surface area contributed by atoms with Crippen LogP contribution in [0.25, 0.3) is 0 Å². The summed E-state index contributed by atoms with van der Waals surface area (Å²) in [5, 5.41) is 11.3. The van der Waals surface area contributed by atoms with Gasteiger partial charge in [0.25, 0.3) is 0 Å². The number of nitrogens with zero attached hydrogens (tertiary/aromatic N) is 2. The van der Waals surface area contributed by atoms with Crippen LogP contribution in [-0.2, 0) is 17.8 Å². The Labute approximate surface area is 105 Å². The maximum atomic E-state index is 12.4. The highest BCUT2D eigenvalue weighted by atomic mass is 32.1. The highest BCUT2D eigenvalue weighted by Crippen LogP contribution is 2.42. The monoisotopic (exact) mass is 246 g/mol. The van der Waals surface area contributed by atoms with E-state index < -0.39 is 5.41 Å². The molecule has 1 aromatic rings. The molecule has 17 heavy (non-hydrogen) atoms. The fourth-order valence-corrected chi connectivity index (χ4v) is 3.52. The Balaban J connectivity index is 1.79. The van der Waals surface area contributed by atoms with Crippen molar-refractivity contribution in [3.05, 3.63) is 21.9 Å². The average Bonchev–Trinajstić information content (AvgIpc) is 2.74. The molecule has 2 aliphatic rings. The van der Waals surface area contributed by atoms with Crippen LogP contribution in [0.4, 0.5) is 0 Å². The minimum Gasteiger partial charge on any atom is -0.337 e. The van der Waals surface area contributed by atoms with Gasteiger partial charge in [0.1, 0.15) is 5.41 Å². The van der Waals surface area contributed by atoms with Crippen LogP contribution in [0.1, 0.15) is 29.7 Å². The van der Waals surface area contributed by atoms with Gasteiger partial charge in [-0.25, -0.2) is 0 Å². The number of hydrogen-bond donors (Lipinski definition) is 0. The second-order valence-corrected chi connectivity index (χ2v) is 5.89. The molecule has 1 saturated carbocycles. The summed E-state index contributed by atoms with van der Waals surface area (Å²) in [6.07, 6.45) is 3.45. The molecule has 1 aliphatic heterocycles. The molecule has 88 valence electrons. The number of rotatable bonds is 1. The van der Waals surface area contributed by atoms with E-state index in [4.69, 9.17) is 0 Å². The predicted molar refractivity (Wildman–Crippen MR) is 65.3 cm³/mol. The largest absolute Gasteiger partial charge is 0.337 e. The maximum Gasteiger partial charge on any atom is 0.243 e. The van der Waals surface area contributed by atoms with Crippen molar-refractivity contribution in [2.24, 2.45) is 5.41 Å². The van der Waals surface area contributed by atoms with Crippen molar-refractivity contribution in [3.8, 4) is 6.07 Å². The normalized spacial score (nSPS) is 21.2. The van der Waals surface area contributed by atoms with Crippen LogP contribution < -0.4 is 0 Å². The molecule has 0 spiro atoms. The molecule has 0 saturated heterocycles. The predicted octanol–water partition coefficient (Wildman–Crippen LogP) is 2.33. The Kier molecular flexibility index (Phi) is 2.44. The van der Waals surface area contributed by atoms with Gasteiger partial charge in [-0.1, -0.05) is 0 Å². The highest BCUT2D eigenvalue weighted by molar-refractivity contribution is 7.10. The zero-order valence-corrected chi connectivity index (χ0v) is 10.4. The second kappa shape index (κ2) is 3.85.